The van der Waals surface area contributed by atoms with Crippen LogP contribution in [-0.4, -0.2) is 96.4 Å². The van der Waals surface area contributed by atoms with E-state index in [-0.39, 0.29) is 11.8 Å². The first-order valence-corrected chi connectivity index (χ1v) is 12.2. The van der Waals surface area contributed by atoms with E-state index in [4.69, 9.17) is 0 Å². The van der Waals surface area contributed by atoms with Gasteiger partial charge in [0.2, 0.25) is 11.8 Å². The lowest BCUT2D eigenvalue weighted by molar-refractivity contribution is -0.139. The molecule has 170 valence electrons. The lowest BCUT2D eigenvalue weighted by atomic mass is 9.92. The van der Waals surface area contributed by atoms with Crippen LogP contribution in [0.2, 0.25) is 0 Å². The number of carbonyl (C=O) groups is 2. The first-order chi connectivity index (χ1) is 15.1. The molecular weight excluding hydrogens is 388 g/mol. The molecule has 6 heteroatoms. The zero-order valence-electron chi connectivity index (χ0n) is 19.0. The Bertz CT molecular complexity index is 716. The van der Waals surface area contributed by atoms with Crippen molar-refractivity contribution in [2.75, 3.05) is 58.9 Å². The molecule has 0 spiro atoms. The van der Waals surface area contributed by atoms with Gasteiger partial charge in [0.15, 0.2) is 0 Å². The molecule has 0 atom stereocenters. The predicted molar refractivity (Wildman–Crippen MR) is 123 cm³/mol. The summed E-state index contributed by atoms with van der Waals surface area (Å²) in [6.07, 6.45) is 4.59. The van der Waals surface area contributed by atoms with Crippen LogP contribution < -0.4 is 0 Å². The summed E-state index contributed by atoms with van der Waals surface area (Å²) in [6, 6.07) is 10.6. The van der Waals surface area contributed by atoms with Crippen molar-refractivity contribution in [3.05, 3.63) is 35.9 Å². The number of benzene rings is 1. The summed E-state index contributed by atoms with van der Waals surface area (Å²) in [5.41, 5.74) is 1.09. The van der Waals surface area contributed by atoms with Gasteiger partial charge in [0, 0.05) is 51.2 Å². The van der Waals surface area contributed by atoms with Crippen LogP contribution in [0.25, 0.3) is 0 Å². The molecule has 3 heterocycles. The Balaban J connectivity index is 1.18. The maximum Gasteiger partial charge on any atom is 0.226 e. The minimum atomic E-state index is 0.206. The van der Waals surface area contributed by atoms with Crippen molar-refractivity contribution in [1.82, 2.24) is 19.6 Å². The summed E-state index contributed by atoms with van der Waals surface area (Å²) >= 11 is 0. The van der Waals surface area contributed by atoms with Gasteiger partial charge in [-0.3, -0.25) is 9.59 Å². The number of likely N-dealkylation sites (N-methyl/N-ethyl adjacent to an activating group) is 1. The fraction of sp³-hybridized carbons (Fsp3) is 0.680. The Labute approximate surface area is 187 Å². The molecule has 0 radical (unpaired) electrons. The maximum absolute atomic E-state index is 12.9. The Kier molecular flexibility index (Phi) is 7.62. The molecule has 4 rings (SSSR count). The van der Waals surface area contributed by atoms with Crippen LogP contribution in [0.4, 0.5) is 0 Å². The predicted octanol–water partition coefficient (Wildman–Crippen LogP) is 2.10. The normalized spacial score (nSPS) is 22.6. The van der Waals surface area contributed by atoms with Gasteiger partial charge in [0.1, 0.15) is 0 Å². The standard InChI is InChI=1S/C25H38N4O2/c1-2-26-16-18-29(19-17-26)25(31)22-8-12-27(13-9-22)23-10-14-28(15-11-23)24(30)20-21-6-4-3-5-7-21/h3-7,22-23H,2,8-20H2,1H3. The number of hydrogen-bond donors (Lipinski definition) is 0. The number of likely N-dealkylation sites (tertiary alicyclic amines) is 2. The average Bonchev–Trinajstić information content (AvgIpc) is 2.84. The number of hydrogen-bond acceptors (Lipinski definition) is 4. The molecule has 6 nitrogen and oxygen atoms in total. The highest BCUT2D eigenvalue weighted by Crippen LogP contribution is 2.26. The highest BCUT2D eigenvalue weighted by atomic mass is 16.2. The SMILES string of the molecule is CCN1CCN(C(=O)C2CCN(C3CCN(C(=O)Cc4ccccc4)CC3)CC2)CC1. The van der Waals surface area contributed by atoms with Crippen molar-refractivity contribution in [2.24, 2.45) is 5.92 Å². The smallest absolute Gasteiger partial charge is 0.226 e. The van der Waals surface area contributed by atoms with Gasteiger partial charge in [-0.25, -0.2) is 0 Å². The Morgan fingerprint density at radius 2 is 1.45 bits per heavy atom. The summed E-state index contributed by atoms with van der Waals surface area (Å²) in [6.45, 7) is 10.8. The van der Waals surface area contributed by atoms with E-state index in [1.807, 2.05) is 35.2 Å². The molecule has 31 heavy (non-hydrogen) atoms. The van der Waals surface area contributed by atoms with Crippen molar-refractivity contribution in [2.45, 2.75) is 45.1 Å². The average molecular weight is 427 g/mol. The zero-order valence-corrected chi connectivity index (χ0v) is 19.0. The second kappa shape index (κ2) is 10.6. The van der Waals surface area contributed by atoms with E-state index >= 15 is 0 Å². The highest BCUT2D eigenvalue weighted by Gasteiger charge is 2.33. The summed E-state index contributed by atoms with van der Waals surface area (Å²) in [4.78, 5) is 34.7. The molecule has 2 amide bonds. The van der Waals surface area contributed by atoms with Crippen molar-refractivity contribution in [3.63, 3.8) is 0 Å². The number of piperidine rings is 2. The Hall–Kier alpha value is -1.92. The van der Waals surface area contributed by atoms with Crippen LogP contribution in [-0.2, 0) is 16.0 Å². The molecule has 0 aromatic heterocycles. The number of amides is 2. The quantitative estimate of drug-likeness (QED) is 0.724. The fourth-order valence-electron chi connectivity index (χ4n) is 5.42. The van der Waals surface area contributed by atoms with Gasteiger partial charge < -0.3 is 19.6 Å². The van der Waals surface area contributed by atoms with Gasteiger partial charge in [-0.2, -0.15) is 0 Å². The zero-order chi connectivity index (χ0) is 21.6. The molecule has 0 N–H and O–H groups in total. The van der Waals surface area contributed by atoms with Crippen LogP contribution in [0.3, 0.4) is 0 Å². The molecular formula is C25H38N4O2. The van der Waals surface area contributed by atoms with E-state index in [1.165, 1.54) is 0 Å². The monoisotopic (exact) mass is 426 g/mol. The van der Waals surface area contributed by atoms with Crippen molar-refractivity contribution < 1.29 is 9.59 Å². The topological polar surface area (TPSA) is 47.1 Å². The molecule has 0 saturated carbocycles. The molecule has 1 aromatic carbocycles. The third-order valence-electron chi connectivity index (χ3n) is 7.54. The van der Waals surface area contributed by atoms with E-state index < -0.39 is 0 Å². The lowest BCUT2D eigenvalue weighted by Gasteiger charge is -2.43. The van der Waals surface area contributed by atoms with Crippen LogP contribution in [0.1, 0.15) is 38.2 Å². The summed E-state index contributed by atoms with van der Waals surface area (Å²) in [5.74, 6) is 0.839. The molecule has 0 aliphatic carbocycles. The first kappa shape index (κ1) is 22.3. The van der Waals surface area contributed by atoms with Gasteiger partial charge in [0.25, 0.3) is 0 Å². The van der Waals surface area contributed by atoms with Crippen LogP contribution in [0, 0.1) is 5.92 Å². The molecule has 3 saturated heterocycles. The van der Waals surface area contributed by atoms with Crippen molar-refractivity contribution >= 4 is 11.8 Å². The van der Waals surface area contributed by atoms with Crippen LogP contribution >= 0.6 is 0 Å². The van der Waals surface area contributed by atoms with E-state index in [0.717, 1.165) is 90.1 Å². The lowest BCUT2D eigenvalue weighted by Crippen LogP contribution is -2.53. The summed E-state index contributed by atoms with van der Waals surface area (Å²) in [7, 11) is 0. The molecule has 3 fully saturated rings. The first-order valence-electron chi connectivity index (χ1n) is 12.2. The Morgan fingerprint density at radius 3 is 2.06 bits per heavy atom. The fourth-order valence-corrected chi connectivity index (χ4v) is 5.42. The molecule has 1 aromatic rings. The van der Waals surface area contributed by atoms with Crippen LogP contribution in [0.5, 0.6) is 0 Å². The number of piperazine rings is 1. The third-order valence-corrected chi connectivity index (χ3v) is 7.54. The number of nitrogens with zero attached hydrogens (tertiary/aromatic N) is 4. The van der Waals surface area contributed by atoms with Gasteiger partial charge in [-0.05, 0) is 50.9 Å². The third kappa shape index (κ3) is 5.66. The van der Waals surface area contributed by atoms with Crippen molar-refractivity contribution in [3.8, 4) is 0 Å². The molecule has 0 unspecified atom stereocenters. The van der Waals surface area contributed by atoms with E-state index in [2.05, 4.69) is 21.6 Å². The van der Waals surface area contributed by atoms with Gasteiger partial charge in [-0.15, -0.1) is 0 Å². The van der Waals surface area contributed by atoms with E-state index in [0.29, 0.717) is 18.4 Å². The van der Waals surface area contributed by atoms with E-state index in [9.17, 15) is 9.59 Å². The van der Waals surface area contributed by atoms with Crippen molar-refractivity contribution in [1.29, 1.82) is 0 Å². The molecule has 3 aliphatic heterocycles. The van der Waals surface area contributed by atoms with Crippen LogP contribution in [0.15, 0.2) is 30.3 Å². The maximum atomic E-state index is 12.9. The molecule has 3 aliphatic rings. The minimum absolute atomic E-state index is 0.206. The molecule has 0 bridgehead atoms. The Morgan fingerprint density at radius 1 is 0.806 bits per heavy atom. The highest BCUT2D eigenvalue weighted by molar-refractivity contribution is 5.79. The van der Waals surface area contributed by atoms with Gasteiger partial charge in [0.05, 0.1) is 6.42 Å². The largest absolute Gasteiger partial charge is 0.342 e. The van der Waals surface area contributed by atoms with Gasteiger partial charge in [-0.1, -0.05) is 37.3 Å². The second-order valence-electron chi connectivity index (χ2n) is 9.34. The number of rotatable bonds is 5. The minimum Gasteiger partial charge on any atom is -0.342 e. The van der Waals surface area contributed by atoms with E-state index in [1.54, 1.807) is 0 Å². The second-order valence-corrected chi connectivity index (χ2v) is 9.34. The summed E-state index contributed by atoms with van der Waals surface area (Å²) < 4.78 is 0. The number of carbonyl (C=O) groups excluding carboxylic acids is 2. The summed E-state index contributed by atoms with van der Waals surface area (Å²) in [5, 5.41) is 0. The van der Waals surface area contributed by atoms with Gasteiger partial charge >= 0.3 is 0 Å².